The van der Waals surface area contributed by atoms with Gasteiger partial charge < -0.3 is 10.2 Å². The summed E-state index contributed by atoms with van der Waals surface area (Å²) in [5, 5.41) is 18.7. The number of rotatable bonds is 3. The zero-order valence-electron chi connectivity index (χ0n) is 11.9. The molecule has 1 fully saturated rings. The van der Waals surface area contributed by atoms with E-state index < -0.39 is 11.9 Å². The largest absolute Gasteiger partial charge is 0.478 e. The van der Waals surface area contributed by atoms with Crippen molar-refractivity contribution in [1.82, 2.24) is 0 Å². The van der Waals surface area contributed by atoms with Crippen molar-refractivity contribution in [2.75, 3.05) is 0 Å². The summed E-state index contributed by atoms with van der Waals surface area (Å²) in [6.45, 7) is 3.37. The van der Waals surface area contributed by atoms with Gasteiger partial charge in [0.15, 0.2) is 0 Å². The maximum absolute atomic E-state index is 11.5. The van der Waals surface area contributed by atoms with E-state index in [1.54, 1.807) is 19.9 Å². The smallest absolute Gasteiger partial charge is 0.336 e. The molecule has 0 bridgehead atoms. The van der Waals surface area contributed by atoms with Gasteiger partial charge in [0, 0.05) is 0 Å². The van der Waals surface area contributed by atoms with Crippen LogP contribution in [0, 0.1) is 13.8 Å². The van der Waals surface area contributed by atoms with Crippen molar-refractivity contribution in [3.63, 3.8) is 0 Å². The summed E-state index contributed by atoms with van der Waals surface area (Å²) >= 11 is 0. The molecule has 20 heavy (non-hydrogen) atoms. The predicted molar refractivity (Wildman–Crippen MR) is 75.7 cm³/mol. The van der Waals surface area contributed by atoms with Crippen molar-refractivity contribution in [3.05, 3.63) is 33.9 Å². The van der Waals surface area contributed by atoms with Crippen LogP contribution in [0.25, 0.3) is 0 Å². The molecular weight excluding hydrogens is 256 g/mol. The summed E-state index contributed by atoms with van der Waals surface area (Å²) in [6, 6.07) is 1.69. The third-order valence-corrected chi connectivity index (χ3v) is 4.38. The molecule has 0 aliphatic heterocycles. The first-order valence-corrected chi connectivity index (χ1v) is 7.04. The second-order valence-corrected chi connectivity index (χ2v) is 5.58. The van der Waals surface area contributed by atoms with Crippen LogP contribution in [0.15, 0.2) is 6.07 Å². The Kier molecular flexibility index (Phi) is 4.12. The Labute approximate surface area is 118 Å². The van der Waals surface area contributed by atoms with Crippen molar-refractivity contribution in [3.8, 4) is 0 Å². The van der Waals surface area contributed by atoms with E-state index in [1.165, 1.54) is 6.42 Å². The molecule has 108 valence electrons. The Hall–Kier alpha value is -1.84. The van der Waals surface area contributed by atoms with Crippen molar-refractivity contribution < 1.29 is 19.8 Å². The van der Waals surface area contributed by atoms with Gasteiger partial charge in [0.25, 0.3) is 0 Å². The minimum atomic E-state index is -1.05. The molecule has 0 spiro atoms. The molecule has 0 heterocycles. The highest BCUT2D eigenvalue weighted by atomic mass is 16.4. The number of aromatic carboxylic acids is 2. The summed E-state index contributed by atoms with van der Waals surface area (Å²) in [7, 11) is 0. The normalized spacial score (nSPS) is 16.1. The topological polar surface area (TPSA) is 74.6 Å². The third-order valence-electron chi connectivity index (χ3n) is 4.38. The Morgan fingerprint density at radius 2 is 1.60 bits per heavy atom. The number of carboxylic acids is 2. The van der Waals surface area contributed by atoms with Crippen LogP contribution in [0.1, 0.15) is 75.4 Å². The number of hydrogen-bond acceptors (Lipinski definition) is 2. The van der Waals surface area contributed by atoms with Gasteiger partial charge >= 0.3 is 11.9 Å². The van der Waals surface area contributed by atoms with Gasteiger partial charge in [-0.3, -0.25) is 0 Å². The Bertz CT molecular complexity index is 554. The molecule has 4 heteroatoms. The van der Waals surface area contributed by atoms with Crippen LogP contribution in [0.4, 0.5) is 0 Å². The molecule has 1 aromatic rings. The van der Waals surface area contributed by atoms with Gasteiger partial charge in [-0.1, -0.05) is 19.3 Å². The van der Waals surface area contributed by atoms with Crippen molar-refractivity contribution >= 4 is 11.9 Å². The highest BCUT2D eigenvalue weighted by molar-refractivity contribution is 5.98. The SMILES string of the molecule is Cc1c(C(=O)O)cc(C2CCCCC2)c(C)c1C(=O)O. The fourth-order valence-electron chi connectivity index (χ4n) is 3.31. The second kappa shape index (κ2) is 5.65. The van der Waals surface area contributed by atoms with E-state index in [2.05, 4.69) is 0 Å². The van der Waals surface area contributed by atoms with Crippen LogP contribution < -0.4 is 0 Å². The molecule has 1 aromatic carbocycles. The molecular formula is C16H20O4. The molecule has 0 saturated heterocycles. The van der Waals surface area contributed by atoms with Crippen LogP contribution in [-0.4, -0.2) is 22.2 Å². The maximum Gasteiger partial charge on any atom is 0.336 e. The van der Waals surface area contributed by atoms with Crippen molar-refractivity contribution in [1.29, 1.82) is 0 Å². The molecule has 1 aliphatic carbocycles. The lowest BCUT2D eigenvalue weighted by Crippen LogP contribution is -2.15. The van der Waals surface area contributed by atoms with Gasteiger partial charge in [-0.2, -0.15) is 0 Å². The van der Waals surface area contributed by atoms with E-state index in [9.17, 15) is 19.8 Å². The fourth-order valence-corrected chi connectivity index (χ4v) is 3.31. The molecule has 0 amide bonds. The van der Waals surface area contributed by atoms with E-state index in [1.807, 2.05) is 0 Å². The van der Waals surface area contributed by atoms with Crippen molar-refractivity contribution in [2.24, 2.45) is 0 Å². The number of hydrogen-bond donors (Lipinski definition) is 2. The second-order valence-electron chi connectivity index (χ2n) is 5.58. The monoisotopic (exact) mass is 276 g/mol. The first-order valence-electron chi connectivity index (χ1n) is 7.04. The average molecular weight is 276 g/mol. The zero-order valence-corrected chi connectivity index (χ0v) is 11.9. The zero-order chi connectivity index (χ0) is 14.9. The van der Waals surface area contributed by atoms with Crippen LogP contribution in [0.3, 0.4) is 0 Å². The predicted octanol–water partition coefficient (Wildman–Crippen LogP) is 3.75. The van der Waals surface area contributed by atoms with Gasteiger partial charge in [-0.15, -0.1) is 0 Å². The van der Waals surface area contributed by atoms with E-state index >= 15 is 0 Å². The molecule has 0 atom stereocenters. The summed E-state index contributed by atoms with van der Waals surface area (Å²) in [4.78, 5) is 22.8. The Morgan fingerprint density at radius 3 is 2.10 bits per heavy atom. The molecule has 1 saturated carbocycles. The van der Waals surface area contributed by atoms with Gasteiger partial charge in [-0.25, -0.2) is 9.59 Å². The molecule has 0 radical (unpaired) electrons. The standard InChI is InChI=1S/C16H20O4/c1-9-12(11-6-4-3-5-7-11)8-13(15(17)18)10(2)14(9)16(19)20/h8,11H,3-7H2,1-2H3,(H,17,18)(H,19,20). The van der Waals surface area contributed by atoms with Crippen LogP contribution >= 0.6 is 0 Å². The third kappa shape index (κ3) is 2.55. The molecule has 2 N–H and O–H groups in total. The first kappa shape index (κ1) is 14.6. The maximum atomic E-state index is 11.5. The van der Waals surface area contributed by atoms with Gasteiger partial charge in [0.05, 0.1) is 11.1 Å². The summed E-state index contributed by atoms with van der Waals surface area (Å²) in [6.07, 6.45) is 5.49. The summed E-state index contributed by atoms with van der Waals surface area (Å²) in [5.74, 6) is -1.80. The minimum Gasteiger partial charge on any atom is -0.478 e. The van der Waals surface area contributed by atoms with Gasteiger partial charge in [0.2, 0.25) is 0 Å². The van der Waals surface area contributed by atoms with E-state index in [0.717, 1.165) is 36.8 Å². The summed E-state index contributed by atoms with van der Waals surface area (Å²) in [5.41, 5.74) is 2.26. The molecule has 0 unspecified atom stereocenters. The fraction of sp³-hybridized carbons (Fsp3) is 0.500. The van der Waals surface area contributed by atoms with Gasteiger partial charge in [0.1, 0.15) is 0 Å². The minimum absolute atomic E-state index is 0.119. The lowest BCUT2D eigenvalue weighted by molar-refractivity contribution is 0.0695. The number of carbonyl (C=O) groups is 2. The van der Waals surface area contributed by atoms with Crippen LogP contribution in [0.2, 0.25) is 0 Å². The van der Waals surface area contributed by atoms with Gasteiger partial charge in [-0.05, 0) is 55.4 Å². The highest BCUT2D eigenvalue weighted by Gasteiger charge is 2.25. The first-order chi connectivity index (χ1) is 9.43. The lowest BCUT2D eigenvalue weighted by Gasteiger charge is -2.25. The average Bonchev–Trinajstić information content (AvgIpc) is 2.39. The van der Waals surface area contributed by atoms with Crippen LogP contribution in [-0.2, 0) is 0 Å². The number of benzene rings is 1. The molecule has 0 aromatic heterocycles. The van der Waals surface area contributed by atoms with E-state index in [0.29, 0.717) is 11.5 Å². The van der Waals surface area contributed by atoms with E-state index in [-0.39, 0.29) is 11.1 Å². The quantitative estimate of drug-likeness (QED) is 0.881. The Balaban J connectivity index is 2.61. The lowest BCUT2D eigenvalue weighted by atomic mass is 9.79. The molecule has 2 rings (SSSR count). The highest BCUT2D eigenvalue weighted by Crippen LogP contribution is 2.37. The molecule has 4 nitrogen and oxygen atoms in total. The van der Waals surface area contributed by atoms with Crippen molar-refractivity contribution in [2.45, 2.75) is 51.9 Å². The van der Waals surface area contributed by atoms with Crippen LogP contribution in [0.5, 0.6) is 0 Å². The number of carboxylic acid groups (broad SMARTS) is 2. The Morgan fingerprint density at radius 1 is 1.00 bits per heavy atom. The van der Waals surface area contributed by atoms with E-state index in [4.69, 9.17) is 0 Å². The molecule has 1 aliphatic rings. The summed E-state index contributed by atoms with van der Waals surface area (Å²) < 4.78 is 0.